The van der Waals surface area contributed by atoms with Crippen LogP contribution in [0.2, 0.25) is 0 Å². The molecule has 0 aliphatic heterocycles. The molecule has 7 nitrogen and oxygen atoms in total. The Morgan fingerprint density at radius 3 is 2.61 bits per heavy atom. The van der Waals surface area contributed by atoms with Gasteiger partial charge in [0.25, 0.3) is 11.6 Å². The second kappa shape index (κ2) is 8.39. The summed E-state index contributed by atoms with van der Waals surface area (Å²) < 4.78 is 5.89. The Morgan fingerprint density at radius 2 is 1.90 bits per heavy atom. The lowest BCUT2D eigenvalue weighted by molar-refractivity contribution is -0.384. The quantitative estimate of drug-likeness (QED) is 0.300. The van der Waals surface area contributed by atoms with Crippen molar-refractivity contribution in [2.45, 2.75) is 26.2 Å². The van der Waals surface area contributed by atoms with Gasteiger partial charge in [-0.3, -0.25) is 14.9 Å². The number of benzene rings is 3. The van der Waals surface area contributed by atoms with Crippen LogP contribution in [0.3, 0.4) is 0 Å². The van der Waals surface area contributed by atoms with Crippen molar-refractivity contribution in [2.24, 2.45) is 0 Å². The first-order valence-electron chi connectivity index (χ1n) is 10.0. The Bertz CT molecular complexity index is 1260. The molecule has 0 aliphatic carbocycles. The van der Waals surface area contributed by atoms with Crippen molar-refractivity contribution in [3.63, 3.8) is 0 Å². The minimum atomic E-state index is -0.530. The van der Waals surface area contributed by atoms with Gasteiger partial charge in [0.2, 0.25) is 5.89 Å². The van der Waals surface area contributed by atoms with Crippen LogP contribution in [0.5, 0.6) is 0 Å². The first-order chi connectivity index (χ1) is 14.9. The van der Waals surface area contributed by atoms with Crippen LogP contribution < -0.4 is 5.32 Å². The first-order valence-corrected chi connectivity index (χ1v) is 10.0. The van der Waals surface area contributed by atoms with Gasteiger partial charge in [0.1, 0.15) is 5.52 Å². The van der Waals surface area contributed by atoms with Crippen LogP contribution in [0.4, 0.5) is 11.4 Å². The fourth-order valence-corrected chi connectivity index (χ4v) is 3.27. The summed E-state index contributed by atoms with van der Waals surface area (Å²) in [6.07, 6.45) is 1.06. The number of hydrogen-bond donors (Lipinski definition) is 1. The molecule has 3 aromatic carbocycles. The molecule has 4 aromatic rings. The van der Waals surface area contributed by atoms with E-state index >= 15 is 0 Å². The van der Waals surface area contributed by atoms with Crippen molar-refractivity contribution in [3.8, 4) is 11.5 Å². The predicted octanol–water partition coefficient (Wildman–Crippen LogP) is 6.17. The molecule has 0 saturated carbocycles. The number of hydrogen-bond acceptors (Lipinski definition) is 5. The smallest absolute Gasteiger partial charge is 0.270 e. The van der Waals surface area contributed by atoms with Gasteiger partial charge in [0.05, 0.1) is 4.92 Å². The zero-order chi connectivity index (χ0) is 22.0. The Balaban J connectivity index is 1.52. The highest BCUT2D eigenvalue weighted by Crippen LogP contribution is 2.28. The van der Waals surface area contributed by atoms with E-state index in [0.29, 0.717) is 17.5 Å². The van der Waals surface area contributed by atoms with Crippen molar-refractivity contribution in [2.75, 3.05) is 5.32 Å². The van der Waals surface area contributed by atoms with Gasteiger partial charge in [-0.15, -0.1) is 0 Å². The summed E-state index contributed by atoms with van der Waals surface area (Å²) in [5, 5.41) is 13.6. The van der Waals surface area contributed by atoms with E-state index in [0.717, 1.165) is 23.1 Å². The van der Waals surface area contributed by atoms with E-state index in [1.165, 1.54) is 29.8 Å². The van der Waals surface area contributed by atoms with E-state index in [-0.39, 0.29) is 11.3 Å². The van der Waals surface area contributed by atoms with Crippen LogP contribution in [0, 0.1) is 10.1 Å². The minimum absolute atomic E-state index is 0.129. The third kappa shape index (κ3) is 4.30. The summed E-state index contributed by atoms with van der Waals surface area (Å²) in [4.78, 5) is 27.4. The molecule has 156 valence electrons. The number of nitrogens with one attached hydrogen (secondary N) is 1. The maximum atomic E-state index is 12.4. The molecule has 7 heteroatoms. The Labute approximate surface area is 178 Å². The van der Waals surface area contributed by atoms with Gasteiger partial charge in [0.15, 0.2) is 5.58 Å². The maximum Gasteiger partial charge on any atom is 0.270 e. The molecule has 1 atom stereocenters. The highest BCUT2D eigenvalue weighted by atomic mass is 16.6. The molecular weight excluding hydrogens is 394 g/mol. The number of anilines is 1. The van der Waals surface area contributed by atoms with E-state index < -0.39 is 10.8 Å². The van der Waals surface area contributed by atoms with Crippen molar-refractivity contribution in [3.05, 3.63) is 88.0 Å². The Morgan fingerprint density at radius 1 is 1.13 bits per heavy atom. The molecule has 0 radical (unpaired) electrons. The monoisotopic (exact) mass is 415 g/mol. The summed E-state index contributed by atoms with van der Waals surface area (Å²) in [5.41, 5.74) is 4.21. The number of nitro groups is 1. The third-order valence-corrected chi connectivity index (χ3v) is 5.30. The molecular formula is C24H21N3O4. The van der Waals surface area contributed by atoms with Crippen LogP contribution in [0.15, 0.2) is 71.1 Å². The number of nitrogens with zero attached hydrogens (tertiary/aromatic N) is 2. The summed E-state index contributed by atoms with van der Waals surface area (Å²) in [7, 11) is 0. The SMILES string of the molecule is CC[C@@H](C)c1ccc2oc(-c3ccc(NC(=O)c4cccc([N+](=O)[O-])c4)cc3)nc2c1. The topological polar surface area (TPSA) is 98.3 Å². The van der Waals surface area contributed by atoms with Crippen LogP contribution >= 0.6 is 0 Å². The molecule has 31 heavy (non-hydrogen) atoms. The van der Waals surface area contributed by atoms with Crippen molar-refractivity contribution in [1.29, 1.82) is 0 Å². The van der Waals surface area contributed by atoms with Gasteiger partial charge in [-0.25, -0.2) is 4.98 Å². The van der Waals surface area contributed by atoms with E-state index in [1.807, 2.05) is 18.2 Å². The molecule has 0 aliphatic rings. The molecule has 1 N–H and O–H groups in total. The third-order valence-electron chi connectivity index (χ3n) is 5.30. The number of non-ortho nitro benzene ring substituents is 1. The molecule has 1 aromatic heterocycles. The summed E-state index contributed by atoms with van der Waals surface area (Å²) >= 11 is 0. The zero-order valence-corrected chi connectivity index (χ0v) is 17.2. The number of amides is 1. The normalized spacial score (nSPS) is 11.9. The maximum absolute atomic E-state index is 12.4. The second-order valence-corrected chi connectivity index (χ2v) is 7.39. The zero-order valence-electron chi connectivity index (χ0n) is 17.2. The van der Waals surface area contributed by atoms with Crippen molar-refractivity contribution in [1.82, 2.24) is 4.98 Å². The molecule has 1 amide bonds. The Kier molecular flexibility index (Phi) is 5.49. The van der Waals surface area contributed by atoms with Gasteiger partial charge >= 0.3 is 0 Å². The highest BCUT2D eigenvalue weighted by molar-refractivity contribution is 6.04. The van der Waals surface area contributed by atoms with E-state index in [4.69, 9.17) is 4.42 Å². The van der Waals surface area contributed by atoms with Gasteiger partial charge in [0, 0.05) is 28.9 Å². The first kappa shape index (κ1) is 20.3. The standard InChI is InChI=1S/C24H21N3O4/c1-3-15(2)17-9-12-22-21(14-17)26-24(31-22)16-7-10-19(11-8-16)25-23(28)18-5-4-6-20(13-18)27(29)30/h4-15H,3H2,1-2H3,(H,25,28)/t15-/m1/s1. The second-order valence-electron chi connectivity index (χ2n) is 7.39. The van der Waals surface area contributed by atoms with E-state index in [2.05, 4.69) is 36.3 Å². The number of fused-ring (bicyclic) bond motifs is 1. The van der Waals surface area contributed by atoms with Gasteiger partial charge in [-0.1, -0.05) is 26.0 Å². The summed E-state index contributed by atoms with van der Waals surface area (Å²) in [5.74, 6) is 0.544. The van der Waals surface area contributed by atoms with Crippen LogP contribution in [-0.4, -0.2) is 15.8 Å². The fourth-order valence-electron chi connectivity index (χ4n) is 3.27. The summed E-state index contributed by atoms with van der Waals surface area (Å²) in [6, 6.07) is 18.8. The highest BCUT2D eigenvalue weighted by Gasteiger charge is 2.13. The van der Waals surface area contributed by atoms with E-state index in [1.54, 1.807) is 12.1 Å². The average molecular weight is 415 g/mol. The van der Waals surface area contributed by atoms with Gasteiger partial charge in [-0.05, 0) is 60.4 Å². The molecule has 0 unspecified atom stereocenters. The lowest BCUT2D eigenvalue weighted by Gasteiger charge is -2.07. The van der Waals surface area contributed by atoms with Crippen molar-refractivity contribution >= 4 is 28.4 Å². The van der Waals surface area contributed by atoms with Gasteiger partial charge < -0.3 is 9.73 Å². The molecule has 0 bridgehead atoms. The molecule has 1 heterocycles. The molecule has 0 spiro atoms. The minimum Gasteiger partial charge on any atom is -0.436 e. The molecule has 0 saturated heterocycles. The van der Waals surface area contributed by atoms with Crippen molar-refractivity contribution < 1.29 is 14.1 Å². The number of carbonyl (C=O) groups is 1. The molecule has 0 fully saturated rings. The van der Waals surface area contributed by atoms with Crippen LogP contribution in [0.1, 0.15) is 42.1 Å². The summed E-state index contributed by atoms with van der Waals surface area (Å²) in [6.45, 7) is 4.34. The number of rotatable bonds is 6. The average Bonchev–Trinajstić information content (AvgIpc) is 3.22. The lowest BCUT2D eigenvalue weighted by Crippen LogP contribution is -2.11. The molecule has 4 rings (SSSR count). The van der Waals surface area contributed by atoms with Gasteiger partial charge in [-0.2, -0.15) is 0 Å². The largest absolute Gasteiger partial charge is 0.436 e. The fraction of sp³-hybridized carbons (Fsp3) is 0.167. The number of nitro benzene ring substituents is 1. The lowest BCUT2D eigenvalue weighted by atomic mass is 9.98. The number of aromatic nitrogens is 1. The van der Waals surface area contributed by atoms with E-state index in [9.17, 15) is 14.9 Å². The Hall–Kier alpha value is -4.00. The number of carbonyl (C=O) groups excluding carboxylic acids is 1. The number of oxazole rings is 1. The predicted molar refractivity (Wildman–Crippen MR) is 119 cm³/mol. The van der Waals surface area contributed by atoms with Crippen LogP contribution in [-0.2, 0) is 0 Å². The van der Waals surface area contributed by atoms with Crippen LogP contribution in [0.25, 0.3) is 22.6 Å².